The number of benzene rings is 2. The van der Waals surface area contributed by atoms with Gasteiger partial charge in [0, 0.05) is 24.3 Å². The summed E-state index contributed by atoms with van der Waals surface area (Å²) in [6.45, 7) is 8.17. The van der Waals surface area contributed by atoms with Gasteiger partial charge in [0.25, 0.3) is 0 Å². The monoisotopic (exact) mass is 422 g/mol. The van der Waals surface area contributed by atoms with Gasteiger partial charge in [0.2, 0.25) is 5.88 Å². The molecule has 0 bridgehead atoms. The lowest BCUT2D eigenvalue weighted by atomic mass is 10.00. The fraction of sp³-hybridized carbons (Fsp3) is 0.333. The molecule has 7 nitrogen and oxygen atoms in total. The van der Waals surface area contributed by atoms with Crippen LogP contribution in [0.15, 0.2) is 45.6 Å². The summed E-state index contributed by atoms with van der Waals surface area (Å²) in [4.78, 5) is 26.8. The topological polar surface area (TPSA) is 92.0 Å². The van der Waals surface area contributed by atoms with Gasteiger partial charge < -0.3 is 24.5 Å². The van der Waals surface area contributed by atoms with Crippen molar-refractivity contribution >= 4 is 28.5 Å². The molecule has 0 spiro atoms. The molecule has 7 heteroatoms. The van der Waals surface area contributed by atoms with E-state index in [2.05, 4.69) is 5.32 Å². The number of nitrogens with zero attached hydrogens (tertiary/aromatic N) is 1. The van der Waals surface area contributed by atoms with Crippen LogP contribution in [0.5, 0.6) is 0 Å². The molecule has 0 radical (unpaired) electrons. The maximum Gasteiger partial charge on any atom is 0.337 e. The summed E-state index contributed by atoms with van der Waals surface area (Å²) in [5.41, 5.74) is 3.51. The van der Waals surface area contributed by atoms with E-state index in [1.807, 2.05) is 30.9 Å². The Labute approximate surface area is 180 Å². The maximum absolute atomic E-state index is 13.2. The Morgan fingerprint density at radius 1 is 1.16 bits per heavy atom. The Morgan fingerprint density at radius 3 is 2.58 bits per heavy atom. The summed E-state index contributed by atoms with van der Waals surface area (Å²) in [6, 6.07) is 10.3. The number of nitrogens with one attached hydrogen (secondary N) is 1. The molecule has 1 aliphatic heterocycles. The molecular weight excluding hydrogens is 396 g/mol. The molecule has 4 rings (SSSR count). The van der Waals surface area contributed by atoms with E-state index in [4.69, 9.17) is 9.15 Å². The van der Waals surface area contributed by atoms with Crippen molar-refractivity contribution in [3.05, 3.63) is 68.9 Å². The van der Waals surface area contributed by atoms with Gasteiger partial charge in [-0.05, 0) is 44.5 Å². The van der Waals surface area contributed by atoms with E-state index < -0.39 is 5.97 Å². The second-order valence-electron chi connectivity index (χ2n) is 7.91. The van der Waals surface area contributed by atoms with Crippen molar-refractivity contribution in [2.45, 2.75) is 26.8 Å². The van der Waals surface area contributed by atoms with Crippen molar-refractivity contribution in [1.29, 1.82) is 0 Å². The lowest BCUT2D eigenvalue weighted by molar-refractivity contribution is 0.0698. The fourth-order valence-electron chi connectivity index (χ4n) is 4.05. The first-order chi connectivity index (χ1) is 14.9. The number of carboxylic acids is 1. The SMILES string of the molecule is Cc1cc([C@@H](C)Nc2ccccc2C(=O)O)c2oc(N3CCOCC3)c(C)c(=O)c2c1. The zero-order chi connectivity index (χ0) is 22.1. The number of aryl methyl sites for hydroxylation is 1. The molecule has 2 heterocycles. The molecule has 162 valence electrons. The van der Waals surface area contributed by atoms with Gasteiger partial charge >= 0.3 is 5.97 Å². The van der Waals surface area contributed by atoms with Gasteiger partial charge in [0.05, 0.1) is 35.8 Å². The van der Waals surface area contributed by atoms with Crippen molar-refractivity contribution < 1.29 is 19.1 Å². The number of aromatic carboxylic acids is 1. The highest BCUT2D eigenvalue weighted by molar-refractivity contribution is 5.94. The van der Waals surface area contributed by atoms with Crippen LogP contribution in [0.3, 0.4) is 0 Å². The Balaban J connectivity index is 1.83. The van der Waals surface area contributed by atoms with Crippen molar-refractivity contribution in [3.63, 3.8) is 0 Å². The zero-order valence-corrected chi connectivity index (χ0v) is 17.9. The van der Waals surface area contributed by atoms with Crippen LogP contribution >= 0.6 is 0 Å². The number of ether oxygens (including phenoxy) is 1. The average molecular weight is 422 g/mol. The predicted molar refractivity (Wildman–Crippen MR) is 120 cm³/mol. The van der Waals surface area contributed by atoms with E-state index in [9.17, 15) is 14.7 Å². The number of hydrogen-bond donors (Lipinski definition) is 2. The molecule has 3 aromatic rings. The van der Waals surface area contributed by atoms with Crippen LogP contribution in [0.1, 0.15) is 40.0 Å². The number of carbonyl (C=O) groups is 1. The maximum atomic E-state index is 13.2. The highest BCUT2D eigenvalue weighted by atomic mass is 16.5. The first kappa shape index (κ1) is 20.9. The van der Waals surface area contributed by atoms with Gasteiger partial charge in [-0.1, -0.05) is 18.2 Å². The lowest BCUT2D eigenvalue weighted by Crippen LogP contribution is -2.37. The molecular formula is C24H26N2O5. The number of hydrogen-bond acceptors (Lipinski definition) is 6. The Kier molecular flexibility index (Phi) is 5.69. The minimum Gasteiger partial charge on any atom is -0.478 e. The number of anilines is 2. The molecule has 1 aliphatic rings. The third-order valence-electron chi connectivity index (χ3n) is 5.66. The van der Waals surface area contributed by atoms with Crippen LogP contribution < -0.4 is 15.6 Å². The first-order valence-electron chi connectivity index (χ1n) is 10.4. The minimum atomic E-state index is -0.999. The van der Waals surface area contributed by atoms with E-state index in [0.717, 1.165) is 11.1 Å². The van der Waals surface area contributed by atoms with Crippen molar-refractivity contribution in [2.75, 3.05) is 36.5 Å². The standard InChI is InChI=1S/C24H26N2O5/c1-14-12-18(16(3)25-20-7-5-4-6-17(20)24(28)29)22-19(13-14)21(27)15(2)23(31-22)26-8-10-30-11-9-26/h4-7,12-13,16,25H,8-11H2,1-3H3,(H,28,29)/t16-/m1/s1. The molecule has 0 amide bonds. The fourth-order valence-corrected chi connectivity index (χ4v) is 4.05. The minimum absolute atomic E-state index is 0.0502. The summed E-state index contributed by atoms with van der Waals surface area (Å²) in [7, 11) is 0. The molecule has 2 N–H and O–H groups in total. The molecule has 0 aliphatic carbocycles. The first-order valence-corrected chi connectivity index (χ1v) is 10.4. The van der Waals surface area contributed by atoms with Crippen LogP contribution in [0.2, 0.25) is 0 Å². The molecule has 0 unspecified atom stereocenters. The molecule has 0 saturated carbocycles. The summed E-state index contributed by atoms with van der Waals surface area (Å²) in [6.07, 6.45) is 0. The molecule has 31 heavy (non-hydrogen) atoms. The van der Waals surface area contributed by atoms with Crippen LogP contribution in [-0.2, 0) is 4.74 Å². The molecule has 1 atom stereocenters. The molecule has 2 aromatic carbocycles. The number of fused-ring (bicyclic) bond motifs is 1. The number of morpholine rings is 1. The van der Waals surface area contributed by atoms with Crippen molar-refractivity contribution in [2.24, 2.45) is 0 Å². The molecule has 1 fully saturated rings. The lowest BCUT2D eigenvalue weighted by Gasteiger charge is -2.29. The quantitative estimate of drug-likeness (QED) is 0.639. The van der Waals surface area contributed by atoms with E-state index in [-0.39, 0.29) is 17.0 Å². The smallest absolute Gasteiger partial charge is 0.337 e. The van der Waals surface area contributed by atoms with Crippen LogP contribution in [0, 0.1) is 13.8 Å². The summed E-state index contributed by atoms with van der Waals surface area (Å²) in [5.74, 6) is -0.426. The Morgan fingerprint density at radius 2 is 1.87 bits per heavy atom. The van der Waals surface area contributed by atoms with Gasteiger partial charge in [-0.15, -0.1) is 0 Å². The number of carboxylic acid groups (broad SMARTS) is 1. The zero-order valence-electron chi connectivity index (χ0n) is 17.9. The highest BCUT2D eigenvalue weighted by Gasteiger charge is 2.23. The third-order valence-corrected chi connectivity index (χ3v) is 5.66. The Bertz CT molecular complexity index is 1190. The van der Waals surface area contributed by atoms with Gasteiger partial charge in [0.1, 0.15) is 5.58 Å². The summed E-state index contributed by atoms with van der Waals surface area (Å²) < 4.78 is 11.8. The number of para-hydroxylation sites is 1. The normalized spacial score (nSPS) is 15.1. The second-order valence-corrected chi connectivity index (χ2v) is 7.91. The van der Waals surface area contributed by atoms with Crippen LogP contribution in [-0.4, -0.2) is 37.4 Å². The van der Waals surface area contributed by atoms with Gasteiger partial charge in [-0.3, -0.25) is 4.79 Å². The van der Waals surface area contributed by atoms with Gasteiger partial charge in [-0.2, -0.15) is 0 Å². The van der Waals surface area contributed by atoms with E-state index in [1.165, 1.54) is 0 Å². The number of rotatable bonds is 5. The summed E-state index contributed by atoms with van der Waals surface area (Å²) >= 11 is 0. The summed E-state index contributed by atoms with van der Waals surface area (Å²) in [5, 5.41) is 13.3. The Hall–Kier alpha value is -3.32. The van der Waals surface area contributed by atoms with Crippen molar-refractivity contribution in [1.82, 2.24) is 0 Å². The van der Waals surface area contributed by atoms with Crippen LogP contribution in [0.25, 0.3) is 11.0 Å². The molecule has 1 saturated heterocycles. The van der Waals surface area contributed by atoms with Gasteiger partial charge in [-0.25, -0.2) is 4.79 Å². The largest absolute Gasteiger partial charge is 0.478 e. The average Bonchev–Trinajstić information content (AvgIpc) is 2.77. The highest BCUT2D eigenvalue weighted by Crippen LogP contribution is 2.32. The van der Waals surface area contributed by atoms with E-state index >= 15 is 0 Å². The predicted octanol–water partition coefficient (Wildman–Crippen LogP) is 4.12. The van der Waals surface area contributed by atoms with E-state index in [0.29, 0.717) is 54.4 Å². The van der Waals surface area contributed by atoms with E-state index in [1.54, 1.807) is 31.2 Å². The third kappa shape index (κ3) is 4.01. The van der Waals surface area contributed by atoms with Crippen LogP contribution in [0.4, 0.5) is 11.6 Å². The van der Waals surface area contributed by atoms with Crippen molar-refractivity contribution in [3.8, 4) is 0 Å². The van der Waals surface area contributed by atoms with Gasteiger partial charge in [0.15, 0.2) is 5.43 Å². The second kappa shape index (κ2) is 8.43. The molecule has 1 aromatic heterocycles.